The molecule has 0 N–H and O–H groups in total. The van der Waals surface area contributed by atoms with Crippen LogP contribution in [0.1, 0.15) is 19.7 Å². The Morgan fingerprint density at radius 2 is 2.00 bits per heavy atom. The van der Waals surface area contributed by atoms with E-state index in [4.69, 9.17) is 4.52 Å². The van der Waals surface area contributed by atoms with Crippen molar-refractivity contribution in [2.24, 2.45) is 5.92 Å². The van der Waals surface area contributed by atoms with Gasteiger partial charge in [0.05, 0.1) is 6.42 Å². The van der Waals surface area contributed by atoms with E-state index in [2.05, 4.69) is 10.1 Å². The quantitative estimate of drug-likeness (QED) is 0.785. The molecule has 0 amide bonds. The molecule has 100 valence electrons. The van der Waals surface area contributed by atoms with E-state index in [1.54, 1.807) is 11.8 Å². The summed E-state index contributed by atoms with van der Waals surface area (Å²) in [7, 11) is 0. The molecular weight excluding hydrogens is 260 g/mol. The number of nitrogens with zero attached hydrogens (tertiary/aromatic N) is 2. The first-order chi connectivity index (χ1) is 9.10. The van der Waals surface area contributed by atoms with Crippen molar-refractivity contribution >= 4 is 17.5 Å². The van der Waals surface area contributed by atoms with Gasteiger partial charge in [-0.05, 0) is 30.5 Å². The van der Waals surface area contributed by atoms with Gasteiger partial charge >= 0.3 is 0 Å². The smallest absolute Gasteiger partial charge is 0.234 e. The second-order valence-corrected chi connectivity index (χ2v) is 5.42. The van der Waals surface area contributed by atoms with Crippen LogP contribution in [0.2, 0.25) is 0 Å². The van der Waals surface area contributed by atoms with E-state index < -0.39 is 0 Å². The number of hydrogen-bond donors (Lipinski definition) is 0. The maximum absolute atomic E-state index is 11.6. The van der Waals surface area contributed by atoms with Gasteiger partial charge < -0.3 is 4.52 Å². The predicted molar refractivity (Wildman–Crippen MR) is 75.1 cm³/mol. The molecule has 5 heteroatoms. The van der Waals surface area contributed by atoms with Crippen LogP contribution < -0.4 is 0 Å². The minimum absolute atomic E-state index is 0.0174. The fraction of sp³-hybridized carbons (Fsp3) is 0.357. The topological polar surface area (TPSA) is 56.0 Å². The van der Waals surface area contributed by atoms with E-state index in [9.17, 15) is 4.79 Å². The predicted octanol–water partition coefficient (Wildman–Crippen LogP) is 3.23. The number of thioether (sulfide) groups is 1. The average Bonchev–Trinajstić information content (AvgIpc) is 2.87. The lowest BCUT2D eigenvalue weighted by molar-refractivity contribution is -0.121. The lowest BCUT2D eigenvalue weighted by Gasteiger charge is -1.98. The SMILES string of the molecule is CSc1ccc(-c2noc(CC(=O)C(C)C)n2)cc1. The van der Waals surface area contributed by atoms with Crippen molar-refractivity contribution in [3.8, 4) is 11.4 Å². The Morgan fingerprint density at radius 3 is 2.58 bits per heavy atom. The second kappa shape index (κ2) is 6.02. The van der Waals surface area contributed by atoms with Crippen LogP contribution in [0, 0.1) is 5.92 Å². The summed E-state index contributed by atoms with van der Waals surface area (Å²) < 4.78 is 5.11. The minimum Gasteiger partial charge on any atom is -0.339 e. The number of benzene rings is 1. The standard InChI is InChI=1S/C14H16N2O2S/c1-9(2)12(17)8-13-15-14(16-18-13)10-4-6-11(19-3)7-5-10/h4-7,9H,8H2,1-3H3. The maximum Gasteiger partial charge on any atom is 0.234 e. The molecule has 2 aromatic rings. The first-order valence-electron chi connectivity index (χ1n) is 6.10. The van der Waals surface area contributed by atoms with E-state index in [0.717, 1.165) is 5.56 Å². The minimum atomic E-state index is -0.0174. The van der Waals surface area contributed by atoms with Crippen molar-refractivity contribution < 1.29 is 9.32 Å². The van der Waals surface area contributed by atoms with Gasteiger partial charge in [0.25, 0.3) is 0 Å². The summed E-state index contributed by atoms with van der Waals surface area (Å²) in [5.74, 6) is 0.992. The summed E-state index contributed by atoms with van der Waals surface area (Å²) in [6.07, 6.45) is 2.23. The highest BCUT2D eigenvalue weighted by Gasteiger charge is 2.14. The molecule has 2 rings (SSSR count). The zero-order valence-electron chi connectivity index (χ0n) is 11.2. The Morgan fingerprint density at radius 1 is 1.32 bits per heavy atom. The largest absolute Gasteiger partial charge is 0.339 e. The van der Waals surface area contributed by atoms with Gasteiger partial charge in [0.2, 0.25) is 11.7 Å². The summed E-state index contributed by atoms with van der Waals surface area (Å²) in [5.41, 5.74) is 0.893. The van der Waals surface area contributed by atoms with Crippen LogP contribution in [0.4, 0.5) is 0 Å². The summed E-state index contributed by atoms with van der Waals surface area (Å²) in [6.45, 7) is 3.72. The maximum atomic E-state index is 11.6. The first-order valence-corrected chi connectivity index (χ1v) is 7.32. The van der Waals surface area contributed by atoms with Crippen molar-refractivity contribution in [1.82, 2.24) is 10.1 Å². The number of hydrogen-bond acceptors (Lipinski definition) is 5. The Hall–Kier alpha value is -1.62. The van der Waals surface area contributed by atoms with Crippen molar-refractivity contribution in [1.29, 1.82) is 0 Å². The summed E-state index contributed by atoms with van der Waals surface area (Å²) >= 11 is 1.68. The van der Waals surface area contributed by atoms with Crippen molar-refractivity contribution in [3.63, 3.8) is 0 Å². The van der Waals surface area contributed by atoms with Crippen LogP contribution in [0.5, 0.6) is 0 Å². The molecule has 0 bridgehead atoms. The molecule has 1 aromatic heterocycles. The number of carbonyl (C=O) groups excluding carboxylic acids is 1. The summed E-state index contributed by atoms with van der Waals surface area (Å²) in [5, 5.41) is 3.91. The number of Topliss-reactive ketones (excluding diaryl/α,β-unsaturated/α-hetero) is 1. The molecule has 19 heavy (non-hydrogen) atoms. The Labute approximate surface area is 116 Å². The molecular formula is C14H16N2O2S. The molecule has 0 aliphatic heterocycles. The van der Waals surface area contributed by atoms with Gasteiger partial charge in [-0.2, -0.15) is 4.98 Å². The molecule has 1 aromatic carbocycles. The van der Waals surface area contributed by atoms with E-state index in [-0.39, 0.29) is 18.1 Å². The number of ketones is 1. The molecule has 0 aliphatic carbocycles. The van der Waals surface area contributed by atoms with Crippen LogP contribution in [0.3, 0.4) is 0 Å². The normalized spacial score (nSPS) is 10.9. The van der Waals surface area contributed by atoms with Gasteiger partial charge in [-0.15, -0.1) is 11.8 Å². The lowest BCUT2D eigenvalue weighted by Crippen LogP contribution is -2.10. The number of rotatable bonds is 5. The molecule has 0 saturated heterocycles. The van der Waals surface area contributed by atoms with Crippen LogP contribution in [0.15, 0.2) is 33.7 Å². The highest BCUT2D eigenvalue weighted by molar-refractivity contribution is 7.98. The third-order valence-corrected chi connectivity index (χ3v) is 3.53. The molecule has 0 spiro atoms. The fourth-order valence-corrected chi connectivity index (χ4v) is 1.95. The van der Waals surface area contributed by atoms with Crippen molar-refractivity contribution in [2.75, 3.05) is 6.26 Å². The van der Waals surface area contributed by atoms with Gasteiger partial charge in [0, 0.05) is 16.4 Å². The Bertz CT molecular complexity index is 561. The fourth-order valence-electron chi connectivity index (χ4n) is 1.54. The first kappa shape index (κ1) is 13.8. The number of aromatic nitrogens is 2. The molecule has 4 nitrogen and oxygen atoms in total. The van der Waals surface area contributed by atoms with Crippen LogP contribution in [0.25, 0.3) is 11.4 Å². The van der Waals surface area contributed by atoms with E-state index in [1.807, 2.05) is 44.4 Å². The summed E-state index contributed by atoms with van der Waals surface area (Å²) in [6, 6.07) is 7.92. The third-order valence-electron chi connectivity index (χ3n) is 2.79. The van der Waals surface area contributed by atoms with Crippen LogP contribution >= 0.6 is 11.8 Å². The van der Waals surface area contributed by atoms with E-state index >= 15 is 0 Å². The van der Waals surface area contributed by atoms with E-state index in [1.165, 1.54) is 4.90 Å². The van der Waals surface area contributed by atoms with Crippen LogP contribution in [-0.4, -0.2) is 22.2 Å². The monoisotopic (exact) mass is 276 g/mol. The highest BCUT2D eigenvalue weighted by Crippen LogP contribution is 2.21. The third kappa shape index (κ3) is 3.44. The average molecular weight is 276 g/mol. The van der Waals surface area contributed by atoms with Crippen molar-refractivity contribution in [2.45, 2.75) is 25.2 Å². The highest BCUT2D eigenvalue weighted by atomic mass is 32.2. The Balaban J connectivity index is 2.13. The van der Waals surface area contributed by atoms with Crippen molar-refractivity contribution in [3.05, 3.63) is 30.2 Å². The van der Waals surface area contributed by atoms with Gasteiger partial charge in [-0.1, -0.05) is 19.0 Å². The zero-order valence-corrected chi connectivity index (χ0v) is 12.0. The molecule has 0 radical (unpaired) electrons. The lowest BCUT2D eigenvalue weighted by atomic mass is 10.1. The molecule has 0 aliphatic rings. The van der Waals surface area contributed by atoms with Gasteiger partial charge in [-0.25, -0.2) is 0 Å². The van der Waals surface area contributed by atoms with E-state index in [0.29, 0.717) is 11.7 Å². The Kier molecular flexibility index (Phi) is 4.37. The summed E-state index contributed by atoms with van der Waals surface area (Å²) in [4.78, 5) is 17.0. The zero-order chi connectivity index (χ0) is 13.8. The van der Waals surface area contributed by atoms with Gasteiger partial charge in [0.1, 0.15) is 5.78 Å². The molecule has 0 fully saturated rings. The molecule has 0 saturated carbocycles. The molecule has 0 atom stereocenters. The van der Waals surface area contributed by atoms with Gasteiger partial charge in [-0.3, -0.25) is 4.79 Å². The molecule has 0 unspecified atom stereocenters. The van der Waals surface area contributed by atoms with Gasteiger partial charge in [0.15, 0.2) is 0 Å². The van der Waals surface area contributed by atoms with Crippen LogP contribution in [-0.2, 0) is 11.2 Å². The second-order valence-electron chi connectivity index (χ2n) is 4.54. The molecule has 1 heterocycles. The number of carbonyl (C=O) groups is 1.